The van der Waals surface area contributed by atoms with E-state index in [0.717, 1.165) is 16.3 Å². The van der Waals surface area contributed by atoms with Crippen LogP contribution >= 0.6 is 27.3 Å². The van der Waals surface area contributed by atoms with Gasteiger partial charge >= 0.3 is 0 Å². The lowest BCUT2D eigenvalue weighted by molar-refractivity contribution is 0.621. The maximum absolute atomic E-state index is 13.3. The zero-order valence-electron chi connectivity index (χ0n) is 7.71. The molecular weight excluding hydrogens is 279 g/mol. The first-order valence-electron chi connectivity index (χ1n) is 4.30. The van der Waals surface area contributed by atoms with Gasteiger partial charge in [0.15, 0.2) is 0 Å². The number of halogens is 2. The van der Waals surface area contributed by atoms with Crippen LogP contribution < -0.4 is 5.73 Å². The van der Waals surface area contributed by atoms with E-state index in [1.807, 2.05) is 11.4 Å². The lowest BCUT2D eigenvalue weighted by atomic mass is 10.2. The Hall–Kier alpha value is -0.780. The summed E-state index contributed by atoms with van der Waals surface area (Å²) in [7, 11) is 0. The quantitative estimate of drug-likeness (QED) is 0.921. The molecule has 2 N–H and O–H groups in total. The molecule has 0 unspecified atom stereocenters. The summed E-state index contributed by atoms with van der Waals surface area (Å²) in [6, 6.07) is 4.96. The summed E-state index contributed by atoms with van der Waals surface area (Å²) in [5, 5.41) is 2.68. The summed E-state index contributed by atoms with van der Waals surface area (Å²) < 4.78 is 13.7. The third-order valence-electron chi connectivity index (χ3n) is 1.93. The molecule has 0 bridgehead atoms. The molecule has 0 spiro atoms. The standard InChI is InChI=1S/C10H8BrFN2S/c11-8-2-1-6(3-9(8)12)10-14-7(4-13)5-15-10/h1-3,5H,4,13H2. The van der Waals surface area contributed by atoms with Crippen molar-refractivity contribution in [2.45, 2.75) is 6.54 Å². The highest BCUT2D eigenvalue weighted by atomic mass is 79.9. The van der Waals surface area contributed by atoms with Gasteiger partial charge in [-0.3, -0.25) is 0 Å². The van der Waals surface area contributed by atoms with Gasteiger partial charge in [0.25, 0.3) is 0 Å². The summed E-state index contributed by atoms with van der Waals surface area (Å²) in [4.78, 5) is 4.28. The summed E-state index contributed by atoms with van der Waals surface area (Å²) in [5.41, 5.74) is 7.07. The van der Waals surface area contributed by atoms with Crippen molar-refractivity contribution in [1.29, 1.82) is 0 Å². The number of nitrogens with zero attached hydrogens (tertiary/aromatic N) is 1. The summed E-state index contributed by atoms with van der Waals surface area (Å²) in [6.07, 6.45) is 0. The van der Waals surface area contributed by atoms with Crippen LogP contribution in [0, 0.1) is 5.82 Å². The maximum atomic E-state index is 13.3. The first-order chi connectivity index (χ1) is 7.20. The van der Waals surface area contributed by atoms with E-state index < -0.39 is 0 Å². The number of hydrogen-bond acceptors (Lipinski definition) is 3. The Labute approximate surface area is 99.1 Å². The molecule has 0 aliphatic rings. The van der Waals surface area contributed by atoms with E-state index in [9.17, 15) is 4.39 Å². The molecule has 2 rings (SSSR count). The molecule has 0 aliphatic carbocycles. The molecule has 2 nitrogen and oxygen atoms in total. The lowest BCUT2D eigenvalue weighted by Gasteiger charge is -1.98. The van der Waals surface area contributed by atoms with Crippen LogP contribution in [0.3, 0.4) is 0 Å². The minimum atomic E-state index is -0.281. The molecule has 0 radical (unpaired) electrons. The van der Waals surface area contributed by atoms with E-state index in [4.69, 9.17) is 5.73 Å². The van der Waals surface area contributed by atoms with Gasteiger partial charge in [0.05, 0.1) is 10.2 Å². The normalized spacial score (nSPS) is 10.6. The Kier molecular flexibility index (Phi) is 3.14. The van der Waals surface area contributed by atoms with E-state index in [2.05, 4.69) is 20.9 Å². The Balaban J connectivity index is 2.40. The van der Waals surface area contributed by atoms with Crippen LogP contribution in [0.15, 0.2) is 28.1 Å². The molecule has 0 saturated heterocycles. The fourth-order valence-corrected chi connectivity index (χ4v) is 2.24. The predicted molar refractivity (Wildman–Crippen MR) is 63.1 cm³/mol. The summed E-state index contributed by atoms with van der Waals surface area (Å²) in [6.45, 7) is 0.412. The number of thiazole rings is 1. The topological polar surface area (TPSA) is 38.9 Å². The molecule has 78 valence electrons. The van der Waals surface area contributed by atoms with E-state index >= 15 is 0 Å². The van der Waals surface area contributed by atoms with Crippen LogP contribution in [-0.2, 0) is 6.54 Å². The third kappa shape index (κ3) is 2.25. The molecule has 5 heteroatoms. The van der Waals surface area contributed by atoms with Crippen LogP contribution in [0.4, 0.5) is 4.39 Å². The van der Waals surface area contributed by atoms with Crippen molar-refractivity contribution < 1.29 is 4.39 Å². The second kappa shape index (κ2) is 4.38. The Morgan fingerprint density at radius 3 is 2.87 bits per heavy atom. The van der Waals surface area contributed by atoms with Gasteiger partial charge in [0, 0.05) is 17.5 Å². The molecule has 0 atom stereocenters. The highest BCUT2D eigenvalue weighted by molar-refractivity contribution is 9.10. The van der Waals surface area contributed by atoms with Gasteiger partial charge in [-0.25, -0.2) is 9.37 Å². The van der Waals surface area contributed by atoms with Crippen LogP contribution in [0.25, 0.3) is 10.6 Å². The monoisotopic (exact) mass is 286 g/mol. The highest BCUT2D eigenvalue weighted by Crippen LogP contribution is 2.26. The summed E-state index contributed by atoms with van der Waals surface area (Å²) >= 11 is 4.58. The smallest absolute Gasteiger partial charge is 0.138 e. The molecular formula is C10H8BrFN2S. The summed E-state index contributed by atoms with van der Waals surface area (Å²) in [5.74, 6) is -0.281. The molecule has 0 aliphatic heterocycles. The minimum absolute atomic E-state index is 0.281. The van der Waals surface area contributed by atoms with Crippen molar-refractivity contribution in [3.05, 3.63) is 39.6 Å². The van der Waals surface area contributed by atoms with Crippen molar-refractivity contribution in [3.63, 3.8) is 0 Å². The van der Waals surface area contributed by atoms with E-state index in [1.54, 1.807) is 6.07 Å². The molecule has 0 fully saturated rings. The van der Waals surface area contributed by atoms with Gasteiger partial charge in [0.2, 0.25) is 0 Å². The first-order valence-corrected chi connectivity index (χ1v) is 5.98. The molecule has 15 heavy (non-hydrogen) atoms. The lowest BCUT2D eigenvalue weighted by Crippen LogP contribution is -1.95. The van der Waals surface area contributed by atoms with E-state index in [1.165, 1.54) is 17.4 Å². The van der Waals surface area contributed by atoms with Gasteiger partial charge in [-0.1, -0.05) is 6.07 Å². The number of benzene rings is 1. The zero-order valence-corrected chi connectivity index (χ0v) is 10.1. The first kappa shape index (κ1) is 10.7. The fraction of sp³-hybridized carbons (Fsp3) is 0.100. The van der Waals surface area contributed by atoms with Crippen molar-refractivity contribution in [3.8, 4) is 10.6 Å². The number of aromatic nitrogens is 1. The number of nitrogens with two attached hydrogens (primary N) is 1. The zero-order chi connectivity index (χ0) is 10.8. The van der Waals surface area contributed by atoms with Crippen LogP contribution in [0.5, 0.6) is 0 Å². The second-order valence-electron chi connectivity index (χ2n) is 2.98. The van der Waals surface area contributed by atoms with Crippen molar-refractivity contribution in [1.82, 2.24) is 4.98 Å². The molecule has 0 amide bonds. The number of hydrogen-bond donors (Lipinski definition) is 1. The third-order valence-corrected chi connectivity index (χ3v) is 3.51. The van der Waals surface area contributed by atoms with Crippen molar-refractivity contribution >= 4 is 27.3 Å². The highest BCUT2D eigenvalue weighted by Gasteiger charge is 2.06. The molecule has 2 aromatic rings. The largest absolute Gasteiger partial charge is 0.325 e. The molecule has 1 aromatic carbocycles. The van der Waals surface area contributed by atoms with Crippen molar-refractivity contribution in [2.24, 2.45) is 5.73 Å². The maximum Gasteiger partial charge on any atom is 0.138 e. The average molecular weight is 287 g/mol. The number of rotatable bonds is 2. The minimum Gasteiger partial charge on any atom is -0.325 e. The van der Waals surface area contributed by atoms with Gasteiger partial charge in [-0.05, 0) is 28.1 Å². The molecule has 1 heterocycles. The Bertz CT molecular complexity index is 484. The molecule has 1 aromatic heterocycles. The molecule has 0 saturated carbocycles. The van der Waals surface area contributed by atoms with Gasteiger partial charge in [0.1, 0.15) is 10.8 Å². The SMILES string of the molecule is NCc1csc(-c2ccc(Br)c(F)c2)n1. The van der Waals surface area contributed by atoms with Crippen LogP contribution in [-0.4, -0.2) is 4.98 Å². The Morgan fingerprint density at radius 1 is 1.47 bits per heavy atom. The van der Waals surface area contributed by atoms with Crippen LogP contribution in [0.2, 0.25) is 0 Å². The average Bonchev–Trinajstić information content (AvgIpc) is 2.70. The van der Waals surface area contributed by atoms with E-state index in [0.29, 0.717) is 11.0 Å². The Morgan fingerprint density at radius 2 is 2.27 bits per heavy atom. The van der Waals surface area contributed by atoms with E-state index in [-0.39, 0.29) is 5.82 Å². The van der Waals surface area contributed by atoms with Gasteiger partial charge < -0.3 is 5.73 Å². The fourth-order valence-electron chi connectivity index (χ4n) is 1.16. The second-order valence-corrected chi connectivity index (χ2v) is 4.69. The van der Waals surface area contributed by atoms with Crippen LogP contribution in [0.1, 0.15) is 5.69 Å². The van der Waals surface area contributed by atoms with Gasteiger partial charge in [-0.15, -0.1) is 11.3 Å². The predicted octanol–water partition coefficient (Wildman–Crippen LogP) is 3.17. The van der Waals surface area contributed by atoms with Gasteiger partial charge in [-0.2, -0.15) is 0 Å². The van der Waals surface area contributed by atoms with Crippen molar-refractivity contribution in [2.75, 3.05) is 0 Å².